The molecule has 0 aromatic carbocycles. The van der Waals surface area contributed by atoms with Gasteiger partial charge in [-0.2, -0.15) is 8.42 Å². The molecule has 0 spiro atoms. The number of aliphatic hydroxyl groups is 16. The van der Waals surface area contributed by atoms with Crippen molar-refractivity contribution in [3.8, 4) is 0 Å². The number of ether oxygens (including phenoxy) is 11. The number of aliphatic hydroxyl groups excluding tert-OH is 16. The van der Waals surface area contributed by atoms with Crippen LogP contribution in [0.3, 0.4) is 0 Å². The highest BCUT2D eigenvalue weighted by Gasteiger charge is 2.58. The molecule has 464 valence electrons. The highest BCUT2D eigenvalue weighted by atomic mass is 32.3. The molecule has 0 radical (unpaired) electrons. The first-order valence-corrected chi connectivity index (χ1v) is 26.1. The van der Waals surface area contributed by atoms with Gasteiger partial charge in [-0.25, -0.2) is 4.18 Å². The first-order chi connectivity index (χ1) is 37.6. The molecule has 38 heteroatoms. The minimum absolute atomic E-state index is 0.757. The Kier molecular flexibility index (Phi) is 23.5. The third kappa shape index (κ3) is 15.2. The second-order valence-corrected chi connectivity index (χ2v) is 20.6. The van der Waals surface area contributed by atoms with E-state index in [2.05, 4.69) is 20.1 Å². The largest absolute Gasteiger partial charge is 0.397 e. The lowest BCUT2D eigenvalue weighted by Crippen LogP contribution is -2.71. The molecule has 3 amide bonds. The Balaban J connectivity index is 1.24. The SMILES string of the molecule is CC(=O)N[C@H]1[C@H](O[C@H]2[C@@H](O)[C@@H](CO)O[C@@H](O[C@H]3[C@H](O)[C@@H](NC(C)=O)[C@H](O[C@H]4[C@@H](O)[C@@H](CO)O[C@@H](O[C@H]5[C@@H](O)[C@@H](CO)OC(O)[C@@H]5NC(C)=O)[C@@H]4O)O[C@@H]3CO)[C@@H]2O)O[C@H](COS(=O)(=O)O)[C@@H](O[C@@H]2O[C@H](CO)[C@H](O)[C@H](O)[C@H]2O)[C@@H]1O. The van der Waals surface area contributed by atoms with Crippen molar-refractivity contribution in [2.75, 3.05) is 39.6 Å². The summed E-state index contributed by atoms with van der Waals surface area (Å²) < 4.78 is 100. The van der Waals surface area contributed by atoms with Crippen molar-refractivity contribution in [2.45, 2.75) is 205 Å². The average Bonchev–Trinajstić information content (AvgIpc) is 3.57. The molecule has 0 aliphatic carbocycles. The average molecular weight is 1190 g/mol. The van der Waals surface area contributed by atoms with Gasteiger partial charge in [-0.15, -0.1) is 0 Å². The molecule has 0 bridgehead atoms. The summed E-state index contributed by atoms with van der Waals surface area (Å²) in [6, 6.07) is -5.36. The van der Waals surface area contributed by atoms with Gasteiger partial charge in [0.1, 0.15) is 146 Å². The third-order valence-corrected chi connectivity index (χ3v) is 14.3. The van der Waals surface area contributed by atoms with Crippen molar-refractivity contribution in [3.05, 3.63) is 0 Å². The van der Waals surface area contributed by atoms with Gasteiger partial charge in [-0.1, -0.05) is 0 Å². The second kappa shape index (κ2) is 28.4. The van der Waals surface area contributed by atoms with E-state index < -0.39 is 252 Å². The lowest BCUT2D eigenvalue weighted by atomic mass is 9.93. The summed E-state index contributed by atoms with van der Waals surface area (Å²) >= 11 is 0. The minimum Gasteiger partial charge on any atom is -0.394 e. The van der Waals surface area contributed by atoms with Gasteiger partial charge in [0, 0.05) is 20.8 Å². The molecule has 30 atom stereocenters. The quantitative estimate of drug-likeness (QED) is 0.0475. The van der Waals surface area contributed by atoms with Gasteiger partial charge in [-0.3, -0.25) is 18.9 Å². The normalized spacial score (nSPS) is 46.5. The molecule has 6 fully saturated rings. The van der Waals surface area contributed by atoms with E-state index in [1.165, 1.54) is 0 Å². The van der Waals surface area contributed by atoms with Gasteiger partial charge in [0.15, 0.2) is 37.7 Å². The van der Waals surface area contributed by atoms with E-state index in [9.17, 15) is 109 Å². The van der Waals surface area contributed by atoms with Crippen molar-refractivity contribution in [2.24, 2.45) is 0 Å². The van der Waals surface area contributed by atoms with Crippen LogP contribution in [0.25, 0.3) is 0 Å². The predicted molar refractivity (Wildman–Crippen MR) is 244 cm³/mol. The molecule has 6 aliphatic heterocycles. The van der Waals surface area contributed by atoms with Crippen LogP contribution < -0.4 is 16.0 Å². The fourth-order valence-electron chi connectivity index (χ4n) is 9.86. The highest BCUT2D eigenvalue weighted by molar-refractivity contribution is 7.80. The summed E-state index contributed by atoms with van der Waals surface area (Å²) in [5, 5.41) is 180. The lowest BCUT2D eigenvalue weighted by Gasteiger charge is -2.51. The Morgan fingerprint density at radius 2 is 0.700 bits per heavy atom. The Morgan fingerprint density at radius 1 is 0.375 bits per heavy atom. The number of hydrogen-bond acceptors (Lipinski definition) is 33. The van der Waals surface area contributed by atoms with E-state index in [1.54, 1.807) is 0 Å². The molecule has 20 N–H and O–H groups in total. The maximum Gasteiger partial charge on any atom is 0.397 e. The summed E-state index contributed by atoms with van der Waals surface area (Å²) in [6.07, 6.45) is -53.7. The number of rotatable bonds is 21. The Labute approximate surface area is 453 Å². The van der Waals surface area contributed by atoms with Gasteiger partial charge < -0.3 is 150 Å². The van der Waals surface area contributed by atoms with Crippen LogP contribution >= 0.6 is 0 Å². The van der Waals surface area contributed by atoms with Crippen LogP contribution in [0, 0.1) is 0 Å². The van der Waals surface area contributed by atoms with Crippen molar-refractivity contribution in [3.63, 3.8) is 0 Å². The van der Waals surface area contributed by atoms with E-state index >= 15 is 0 Å². The molecule has 6 heterocycles. The minimum atomic E-state index is -5.33. The van der Waals surface area contributed by atoms with E-state index in [0.717, 1.165) is 20.8 Å². The van der Waals surface area contributed by atoms with Gasteiger partial charge in [0.05, 0.1) is 39.6 Å². The Morgan fingerprint density at radius 3 is 1.11 bits per heavy atom. The van der Waals surface area contributed by atoms with Crippen LogP contribution in [0.4, 0.5) is 0 Å². The third-order valence-electron chi connectivity index (χ3n) is 13.8. The summed E-state index contributed by atoms with van der Waals surface area (Å²) in [5.74, 6) is -2.59. The number of hydrogen-bond donors (Lipinski definition) is 20. The standard InChI is InChI=1S/C42H71N3O34S/c1-10(51)43-19-26(58)32(17(8-50)73-38(19)78-36-25(57)16(7-49)72-42(31(36)63)77-34-21(45-12(3)53)37(64)69-14(5-47)23(34)55)75-41-30(62)35(24(56)15(6-48)71-41)79-39-20(44-11(2)52)27(59)33(18(74-39)9-68-80(65,66)67)76-40-29(61)28(60)22(54)13(4-46)70-40/h13-42,46-50,54-64H,4-9H2,1-3H3,(H,43,51)(H,44,52)(H,45,53)(H,65,66,67)/t13-,14-,15-,16-,17-,18-,19-,20-,21-,22+,23+,24+,25+,26-,27-,28+,29-,30-,31-,32-,33-,34-,35+,36+,37?,38+,39+,40+,41+,42+/m1/s1. The van der Waals surface area contributed by atoms with Crippen molar-refractivity contribution >= 4 is 28.1 Å². The molecule has 6 saturated heterocycles. The zero-order valence-electron chi connectivity index (χ0n) is 42.5. The van der Waals surface area contributed by atoms with E-state index in [0.29, 0.717) is 0 Å². The number of carbonyl (C=O) groups is 3. The van der Waals surface area contributed by atoms with Crippen LogP contribution in [-0.4, -0.2) is 336 Å². The van der Waals surface area contributed by atoms with Crippen molar-refractivity contribution in [1.29, 1.82) is 0 Å². The predicted octanol–water partition coefficient (Wildman–Crippen LogP) is -13.8. The topological polar surface area (TPSA) is 576 Å². The molecular weight excluding hydrogens is 1120 g/mol. The maximum absolute atomic E-state index is 12.7. The smallest absolute Gasteiger partial charge is 0.394 e. The van der Waals surface area contributed by atoms with Gasteiger partial charge in [0.25, 0.3) is 0 Å². The van der Waals surface area contributed by atoms with Crippen LogP contribution in [0.15, 0.2) is 0 Å². The van der Waals surface area contributed by atoms with E-state index in [1.807, 2.05) is 0 Å². The lowest BCUT2D eigenvalue weighted by molar-refractivity contribution is -0.385. The molecule has 6 rings (SSSR count). The van der Waals surface area contributed by atoms with E-state index in [-0.39, 0.29) is 0 Å². The molecule has 80 heavy (non-hydrogen) atoms. The summed E-state index contributed by atoms with van der Waals surface area (Å²) in [4.78, 5) is 37.3. The summed E-state index contributed by atoms with van der Waals surface area (Å²) in [7, 11) is -5.33. The van der Waals surface area contributed by atoms with Gasteiger partial charge >= 0.3 is 10.4 Å². The molecule has 0 aromatic heterocycles. The van der Waals surface area contributed by atoms with Crippen LogP contribution in [0.5, 0.6) is 0 Å². The monoisotopic (exact) mass is 1190 g/mol. The molecule has 0 saturated carbocycles. The van der Waals surface area contributed by atoms with Gasteiger partial charge in [-0.05, 0) is 0 Å². The van der Waals surface area contributed by atoms with Crippen LogP contribution in [-0.2, 0) is 81.1 Å². The van der Waals surface area contributed by atoms with E-state index in [4.69, 9.17) is 52.1 Å². The van der Waals surface area contributed by atoms with Gasteiger partial charge in [0.2, 0.25) is 17.7 Å². The number of amides is 3. The molecule has 0 aromatic rings. The molecular formula is C42H71N3O34S. The number of nitrogens with one attached hydrogen (secondary N) is 3. The van der Waals surface area contributed by atoms with Crippen molar-refractivity contribution < 1.29 is 165 Å². The molecule has 6 aliphatic rings. The molecule has 37 nitrogen and oxygen atoms in total. The highest BCUT2D eigenvalue weighted by Crippen LogP contribution is 2.37. The number of carbonyl (C=O) groups excluding carboxylic acids is 3. The Bertz CT molecular complexity index is 2130. The fourth-order valence-corrected chi connectivity index (χ4v) is 10.2. The first-order valence-electron chi connectivity index (χ1n) is 24.8. The first kappa shape index (κ1) is 66.3. The van der Waals surface area contributed by atoms with Crippen molar-refractivity contribution in [1.82, 2.24) is 16.0 Å². The van der Waals surface area contributed by atoms with Crippen LogP contribution in [0.2, 0.25) is 0 Å². The Hall–Kier alpha value is -2.80. The fraction of sp³-hybridized carbons (Fsp3) is 0.929. The van der Waals surface area contributed by atoms with Crippen LogP contribution in [0.1, 0.15) is 20.8 Å². The zero-order chi connectivity index (χ0) is 59.4. The zero-order valence-corrected chi connectivity index (χ0v) is 43.3. The second-order valence-electron chi connectivity index (χ2n) is 19.5. The molecule has 1 unspecified atom stereocenters. The summed E-state index contributed by atoms with van der Waals surface area (Å²) in [5.41, 5.74) is 0. The maximum atomic E-state index is 12.7. The summed E-state index contributed by atoms with van der Waals surface area (Å²) in [6.45, 7) is -3.41.